The van der Waals surface area contributed by atoms with Gasteiger partial charge in [-0.2, -0.15) is 0 Å². The Morgan fingerprint density at radius 3 is 2.50 bits per heavy atom. The van der Waals surface area contributed by atoms with E-state index in [4.69, 9.17) is 0 Å². The number of aromatic carboxylic acids is 1. The van der Waals surface area contributed by atoms with E-state index in [0.717, 1.165) is 35.0 Å². The molecule has 3 aromatic rings. The number of amides is 2. The smallest absolute Gasteiger partial charge is 0.335 e. The molecule has 2 aliphatic rings. The predicted molar refractivity (Wildman–Crippen MR) is 139 cm³/mol. The topological polar surface area (TPSA) is 91.6 Å². The molecule has 188 valence electrons. The van der Waals surface area contributed by atoms with Crippen molar-refractivity contribution in [2.45, 2.75) is 51.5 Å². The fourth-order valence-electron chi connectivity index (χ4n) is 5.96. The first-order valence-electron chi connectivity index (χ1n) is 13.0. The van der Waals surface area contributed by atoms with Crippen LogP contribution in [0.2, 0.25) is 0 Å². The van der Waals surface area contributed by atoms with Crippen LogP contribution in [-0.4, -0.2) is 52.0 Å². The third kappa shape index (κ3) is 4.62. The lowest BCUT2D eigenvalue weighted by atomic mass is 9.92. The summed E-state index contributed by atoms with van der Waals surface area (Å²) in [6, 6.07) is 15.4. The van der Waals surface area contributed by atoms with Crippen LogP contribution in [0, 0.1) is 5.92 Å². The highest BCUT2D eigenvalue weighted by Crippen LogP contribution is 2.45. The van der Waals surface area contributed by atoms with Gasteiger partial charge >= 0.3 is 5.97 Å². The predicted octanol–water partition coefficient (Wildman–Crippen LogP) is 4.65. The van der Waals surface area contributed by atoms with Crippen LogP contribution < -0.4 is 5.32 Å². The first kappa shape index (κ1) is 24.1. The summed E-state index contributed by atoms with van der Waals surface area (Å²) in [4.78, 5) is 38.9. The quantitative estimate of drug-likeness (QED) is 0.484. The minimum Gasteiger partial charge on any atom is -0.478 e. The number of carboxylic acid groups (broad SMARTS) is 1. The fourth-order valence-corrected chi connectivity index (χ4v) is 5.96. The van der Waals surface area contributed by atoms with Gasteiger partial charge < -0.3 is 19.9 Å². The summed E-state index contributed by atoms with van der Waals surface area (Å²) in [6.45, 7) is 3.87. The van der Waals surface area contributed by atoms with Gasteiger partial charge in [-0.05, 0) is 48.9 Å². The summed E-state index contributed by atoms with van der Waals surface area (Å²) >= 11 is 0. The van der Waals surface area contributed by atoms with Gasteiger partial charge in [-0.25, -0.2) is 4.79 Å². The minimum absolute atomic E-state index is 0.0919. The number of carbonyl (C=O) groups excluding carboxylic acids is 2. The normalized spacial score (nSPS) is 18.3. The maximum absolute atomic E-state index is 13.2. The molecule has 7 heteroatoms. The maximum Gasteiger partial charge on any atom is 0.335 e. The van der Waals surface area contributed by atoms with Crippen LogP contribution in [0.4, 0.5) is 0 Å². The standard InChI is InChI=1S/C29H33N3O4/c1-2-31-17-19(14-26(31)34)16-30-25(33)18-32-24-15-22(29(35)36)12-13-23(24)27(20-8-6-7-9-20)28(32)21-10-4-3-5-11-21/h3-5,10-13,15,19-20H,2,6-9,14,16-18H2,1H3,(H,30,33)(H,35,36). The Labute approximate surface area is 211 Å². The van der Waals surface area contributed by atoms with Crippen LogP contribution in [0.1, 0.15) is 60.9 Å². The largest absolute Gasteiger partial charge is 0.478 e. The Kier molecular flexibility index (Phi) is 6.81. The number of carbonyl (C=O) groups is 3. The number of aromatic nitrogens is 1. The van der Waals surface area contributed by atoms with E-state index in [0.29, 0.717) is 32.0 Å². The van der Waals surface area contributed by atoms with Crippen LogP contribution in [0.25, 0.3) is 22.2 Å². The van der Waals surface area contributed by atoms with Gasteiger partial charge in [0.1, 0.15) is 6.54 Å². The molecule has 2 heterocycles. The summed E-state index contributed by atoms with van der Waals surface area (Å²) in [7, 11) is 0. The van der Waals surface area contributed by atoms with Gasteiger partial charge in [0, 0.05) is 37.4 Å². The second-order valence-corrected chi connectivity index (χ2v) is 10.0. The Hall–Kier alpha value is -3.61. The maximum atomic E-state index is 13.2. The lowest BCUT2D eigenvalue weighted by molar-refractivity contribution is -0.127. The second kappa shape index (κ2) is 10.2. The summed E-state index contributed by atoms with van der Waals surface area (Å²) in [5.41, 5.74) is 4.24. The lowest BCUT2D eigenvalue weighted by Crippen LogP contribution is -2.33. The van der Waals surface area contributed by atoms with Crippen molar-refractivity contribution in [3.63, 3.8) is 0 Å². The van der Waals surface area contributed by atoms with E-state index in [1.54, 1.807) is 12.1 Å². The van der Waals surface area contributed by atoms with Crippen molar-refractivity contribution in [3.05, 3.63) is 59.7 Å². The molecule has 1 atom stereocenters. The number of likely N-dealkylation sites (tertiary alicyclic amines) is 1. The van der Waals surface area contributed by atoms with Crippen LogP contribution in [0.15, 0.2) is 48.5 Å². The van der Waals surface area contributed by atoms with Crippen LogP contribution in [0.3, 0.4) is 0 Å². The Morgan fingerprint density at radius 2 is 1.83 bits per heavy atom. The summed E-state index contributed by atoms with van der Waals surface area (Å²) in [5.74, 6) is -0.479. The highest BCUT2D eigenvalue weighted by Gasteiger charge is 2.30. The molecule has 2 fully saturated rings. The van der Waals surface area contributed by atoms with E-state index in [-0.39, 0.29) is 29.8 Å². The van der Waals surface area contributed by atoms with Crippen molar-refractivity contribution >= 4 is 28.7 Å². The van der Waals surface area contributed by atoms with E-state index in [1.165, 1.54) is 18.4 Å². The highest BCUT2D eigenvalue weighted by atomic mass is 16.4. The minimum atomic E-state index is -0.982. The summed E-state index contributed by atoms with van der Waals surface area (Å²) in [5, 5.41) is 13.7. The molecule has 7 nitrogen and oxygen atoms in total. The first-order chi connectivity index (χ1) is 17.5. The highest BCUT2D eigenvalue weighted by molar-refractivity contribution is 5.99. The molecule has 36 heavy (non-hydrogen) atoms. The SMILES string of the molecule is CCN1CC(CNC(=O)Cn2c(-c3ccccc3)c(C3CCCC3)c3ccc(C(=O)O)cc32)CC1=O. The molecule has 1 saturated carbocycles. The molecular weight excluding hydrogens is 454 g/mol. The third-order valence-corrected chi connectivity index (χ3v) is 7.73. The Morgan fingerprint density at radius 1 is 1.08 bits per heavy atom. The molecule has 2 aromatic carbocycles. The van der Waals surface area contributed by atoms with Crippen molar-refractivity contribution < 1.29 is 19.5 Å². The molecule has 0 radical (unpaired) electrons. The van der Waals surface area contributed by atoms with Crippen molar-refractivity contribution in [2.75, 3.05) is 19.6 Å². The zero-order valence-electron chi connectivity index (χ0n) is 20.7. The van der Waals surface area contributed by atoms with Gasteiger partial charge in [-0.15, -0.1) is 0 Å². The van der Waals surface area contributed by atoms with Crippen molar-refractivity contribution in [2.24, 2.45) is 5.92 Å². The van der Waals surface area contributed by atoms with E-state index < -0.39 is 5.97 Å². The van der Waals surface area contributed by atoms with E-state index >= 15 is 0 Å². The summed E-state index contributed by atoms with van der Waals surface area (Å²) in [6.07, 6.45) is 5.00. The van der Waals surface area contributed by atoms with Gasteiger partial charge in [-0.1, -0.05) is 49.2 Å². The number of carboxylic acids is 1. The number of fused-ring (bicyclic) bond motifs is 1. The van der Waals surface area contributed by atoms with Gasteiger partial charge in [0.25, 0.3) is 0 Å². The van der Waals surface area contributed by atoms with Crippen LogP contribution >= 0.6 is 0 Å². The molecule has 1 saturated heterocycles. The average Bonchev–Trinajstić information content (AvgIpc) is 3.61. The number of nitrogens with zero attached hydrogens (tertiary/aromatic N) is 2. The van der Waals surface area contributed by atoms with Crippen LogP contribution in [-0.2, 0) is 16.1 Å². The van der Waals surface area contributed by atoms with Crippen LogP contribution in [0.5, 0.6) is 0 Å². The molecule has 0 bridgehead atoms. The van der Waals surface area contributed by atoms with Gasteiger partial charge in [0.05, 0.1) is 16.8 Å². The monoisotopic (exact) mass is 487 g/mol. The molecule has 2 amide bonds. The third-order valence-electron chi connectivity index (χ3n) is 7.73. The van der Waals surface area contributed by atoms with Gasteiger partial charge in [-0.3, -0.25) is 9.59 Å². The zero-order valence-corrected chi connectivity index (χ0v) is 20.7. The molecular formula is C29H33N3O4. The fraction of sp³-hybridized carbons (Fsp3) is 0.414. The van der Waals surface area contributed by atoms with Gasteiger partial charge in [0.15, 0.2) is 0 Å². The zero-order chi connectivity index (χ0) is 25.2. The molecule has 1 aliphatic heterocycles. The number of benzene rings is 2. The van der Waals surface area contributed by atoms with E-state index in [2.05, 4.69) is 17.4 Å². The average molecular weight is 488 g/mol. The molecule has 5 rings (SSSR count). The number of nitrogens with one attached hydrogen (secondary N) is 1. The first-order valence-corrected chi connectivity index (χ1v) is 13.0. The Bertz CT molecular complexity index is 1290. The number of rotatable bonds is 8. The lowest BCUT2D eigenvalue weighted by Gasteiger charge is -2.17. The number of hydrogen-bond donors (Lipinski definition) is 2. The van der Waals surface area contributed by atoms with Crippen molar-refractivity contribution in [3.8, 4) is 11.3 Å². The van der Waals surface area contributed by atoms with Gasteiger partial charge in [0.2, 0.25) is 11.8 Å². The molecule has 1 aromatic heterocycles. The molecule has 2 N–H and O–H groups in total. The Balaban J connectivity index is 1.53. The van der Waals surface area contributed by atoms with Crippen molar-refractivity contribution in [1.82, 2.24) is 14.8 Å². The number of hydrogen-bond acceptors (Lipinski definition) is 3. The molecule has 0 spiro atoms. The van der Waals surface area contributed by atoms with E-state index in [9.17, 15) is 19.5 Å². The van der Waals surface area contributed by atoms with E-state index in [1.807, 2.05) is 40.7 Å². The van der Waals surface area contributed by atoms with Crippen molar-refractivity contribution in [1.29, 1.82) is 0 Å². The molecule has 1 unspecified atom stereocenters. The molecule has 1 aliphatic carbocycles. The second-order valence-electron chi connectivity index (χ2n) is 10.0. The summed E-state index contributed by atoms with van der Waals surface area (Å²) < 4.78 is 2.00.